The van der Waals surface area contributed by atoms with Gasteiger partial charge >= 0.3 is 6.03 Å². The summed E-state index contributed by atoms with van der Waals surface area (Å²) < 4.78 is 0. The Balaban J connectivity index is 1.65. The Labute approximate surface area is 168 Å². The Morgan fingerprint density at radius 3 is 2.36 bits per heavy atom. The van der Waals surface area contributed by atoms with E-state index in [1.54, 1.807) is 53.4 Å². The van der Waals surface area contributed by atoms with E-state index in [0.29, 0.717) is 16.3 Å². The van der Waals surface area contributed by atoms with Crippen LogP contribution < -0.4 is 4.90 Å². The van der Waals surface area contributed by atoms with Gasteiger partial charge in [0.15, 0.2) is 5.78 Å². The van der Waals surface area contributed by atoms with Crippen LogP contribution >= 0.6 is 11.6 Å². The first kappa shape index (κ1) is 18.7. The van der Waals surface area contributed by atoms with Gasteiger partial charge in [-0.2, -0.15) is 0 Å². The molecule has 1 aliphatic heterocycles. The number of urea groups is 1. The van der Waals surface area contributed by atoms with Crippen molar-refractivity contribution >= 4 is 35.0 Å². The number of hydrogen-bond acceptors (Lipinski definition) is 3. The van der Waals surface area contributed by atoms with E-state index in [1.165, 1.54) is 4.90 Å². The van der Waals surface area contributed by atoms with E-state index >= 15 is 0 Å². The Bertz CT molecular complexity index is 898. The predicted molar refractivity (Wildman–Crippen MR) is 108 cm³/mol. The van der Waals surface area contributed by atoms with Crippen molar-refractivity contribution in [2.24, 2.45) is 5.92 Å². The third-order valence-corrected chi connectivity index (χ3v) is 5.85. The molecule has 144 valence electrons. The highest BCUT2D eigenvalue weighted by atomic mass is 35.5. The Hall–Kier alpha value is -2.66. The minimum absolute atomic E-state index is 0.0434. The van der Waals surface area contributed by atoms with Crippen molar-refractivity contribution in [1.82, 2.24) is 4.90 Å². The molecule has 28 heavy (non-hydrogen) atoms. The lowest BCUT2D eigenvalue weighted by molar-refractivity contribution is -0.126. The van der Waals surface area contributed by atoms with Crippen molar-refractivity contribution in [3.05, 3.63) is 65.2 Å². The third kappa shape index (κ3) is 3.42. The van der Waals surface area contributed by atoms with E-state index in [0.717, 1.165) is 25.7 Å². The fourth-order valence-electron chi connectivity index (χ4n) is 4.18. The molecule has 6 heteroatoms. The van der Waals surface area contributed by atoms with Gasteiger partial charge in [-0.05, 0) is 49.2 Å². The number of Topliss-reactive ketones (excluding diaryl/α,β-unsaturated/α-hetero) is 1. The van der Waals surface area contributed by atoms with Gasteiger partial charge in [0.2, 0.25) is 5.91 Å². The molecule has 3 amide bonds. The number of nitrogens with zero attached hydrogens (tertiary/aromatic N) is 2. The van der Waals surface area contributed by atoms with Crippen LogP contribution in [0.15, 0.2) is 54.6 Å². The number of rotatable bonds is 4. The fourth-order valence-corrected chi connectivity index (χ4v) is 4.31. The highest BCUT2D eigenvalue weighted by molar-refractivity contribution is 6.30. The van der Waals surface area contributed by atoms with Crippen molar-refractivity contribution in [3.63, 3.8) is 0 Å². The summed E-state index contributed by atoms with van der Waals surface area (Å²) in [7, 11) is 0. The Morgan fingerprint density at radius 2 is 1.64 bits per heavy atom. The van der Waals surface area contributed by atoms with Crippen molar-refractivity contribution in [2.45, 2.75) is 31.7 Å². The summed E-state index contributed by atoms with van der Waals surface area (Å²) in [6, 6.07) is 15.0. The van der Waals surface area contributed by atoms with Gasteiger partial charge in [-0.1, -0.05) is 42.6 Å². The molecule has 2 atom stereocenters. The van der Waals surface area contributed by atoms with Crippen LogP contribution in [0.5, 0.6) is 0 Å². The van der Waals surface area contributed by atoms with E-state index in [2.05, 4.69) is 0 Å². The number of para-hydroxylation sites is 1. The van der Waals surface area contributed by atoms with E-state index in [4.69, 9.17) is 11.6 Å². The largest absolute Gasteiger partial charge is 0.332 e. The smallest absolute Gasteiger partial charge is 0.312 e. The Morgan fingerprint density at radius 1 is 0.964 bits per heavy atom. The topological polar surface area (TPSA) is 57.7 Å². The quantitative estimate of drug-likeness (QED) is 0.712. The highest BCUT2D eigenvalue weighted by Crippen LogP contribution is 2.36. The average molecular weight is 397 g/mol. The van der Waals surface area contributed by atoms with Gasteiger partial charge in [0, 0.05) is 16.6 Å². The van der Waals surface area contributed by atoms with Crippen LogP contribution in [0.3, 0.4) is 0 Å². The molecule has 1 aliphatic carbocycles. The zero-order valence-corrected chi connectivity index (χ0v) is 16.1. The van der Waals surface area contributed by atoms with Crippen LogP contribution in [-0.2, 0) is 4.79 Å². The molecule has 1 saturated heterocycles. The molecule has 0 radical (unpaired) electrons. The molecule has 2 fully saturated rings. The van der Waals surface area contributed by atoms with E-state index in [9.17, 15) is 14.4 Å². The van der Waals surface area contributed by atoms with Gasteiger partial charge in [-0.3, -0.25) is 9.59 Å². The molecule has 2 aliphatic rings. The molecule has 2 aromatic carbocycles. The molecule has 2 unspecified atom stereocenters. The summed E-state index contributed by atoms with van der Waals surface area (Å²) in [5.41, 5.74) is 1.05. The van der Waals surface area contributed by atoms with Gasteiger partial charge in [-0.25, -0.2) is 9.69 Å². The summed E-state index contributed by atoms with van der Waals surface area (Å²) >= 11 is 5.91. The summed E-state index contributed by atoms with van der Waals surface area (Å²) in [5, 5.41) is 0.554. The first-order valence-corrected chi connectivity index (χ1v) is 9.92. The summed E-state index contributed by atoms with van der Waals surface area (Å²) in [4.78, 5) is 42.0. The second kappa shape index (κ2) is 7.76. The summed E-state index contributed by atoms with van der Waals surface area (Å²) in [6.07, 6.45) is 3.41. The van der Waals surface area contributed by atoms with E-state index in [1.807, 2.05) is 6.07 Å². The molecule has 0 N–H and O–H groups in total. The zero-order valence-electron chi connectivity index (χ0n) is 15.4. The van der Waals surface area contributed by atoms with Gasteiger partial charge < -0.3 is 4.90 Å². The molecule has 5 nitrogen and oxygen atoms in total. The number of ketones is 1. The van der Waals surface area contributed by atoms with Crippen LogP contribution in [0.25, 0.3) is 0 Å². The number of fused-ring (bicyclic) bond motifs is 1. The van der Waals surface area contributed by atoms with Crippen LogP contribution in [0, 0.1) is 5.92 Å². The number of imide groups is 1. The van der Waals surface area contributed by atoms with Crippen molar-refractivity contribution in [1.29, 1.82) is 0 Å². The third-order valence-electron chi connectivity index (χ3n) is 5.60. The maximum absolute atomic E-state index is 13.3. The minimum atomic E-state index is -0.415. The molecule has 1 saturated carbocycles. The number of benzene rings is 2. The van der Waals surface area contributed by atoms with Gasteiger partial charge in [0.05, 0.1) is 18.2 Å². The number of carbonyl (C=O) groups excluding carboxylic acids is 3. The monoisotopic (exact) mass is 396 g/mol. The van der Waals surface area contributed by atoms with Crippen molar-refractivity contribution < 1.29 is 14.4 Å². The number of amides is 3. The molecule has 0 spiro atoms. The first-order valence-electron chi connectivity index (χ1n) is 9.54. The second-order valence-corrected chi connectivity index (χ2v) is 7.74. The molecular weight excluding hydrogens is 376 g/mol. The van der Waals surface area contributed by atoms with Gasteiger partial charge in [-0.15, -0.1) is 0 Å². The SMILES string of the molecule is O=C(CN1C(=O)N(c2ccccc2)C(=O)C2CCCCC21)c1ccc(Cl)cc1. The lowest BCUT2D eigenvalue weighted by atomic mass is 9.81. The lowest BCUT2D eigenvalue weighted by Crippen LogP contribution is -2.63. The second-order valence-electron chi connectivity index (χ2n) is 7.31. The predicted octanol–water partition coefficient (Wildman–Crippen LogP) is 4.55. The molecule has 0 aromatic heterocycles. The molecule has 2 aromatic rings. The highest BCUT2D eigenvalue weighted by Gasteiger charge is 2.47. The standard InChI is InChI=1S/C22H21ClN2O3/c23-16-12-10-15(11-13-16)20(26)14-24-19-9-5-4-8-18(19)21(27)25(22(24)28)17-6-2-1-3-7-17/h1-3,6-7,10-13,18-19H,4-5,8-9,14H2. The molecule has 4 rings (SSSR count). The normalized spacial score (nSPS) is 22.2. The molecule has 1 heterocycles. The zero-order chi connectivity index (χ0) is 19.7. The maximum Gasteiger partial charge on any atom is 0.332 e. The number of halogens is 1. The minimum Gasteiger partial charge on any atom is -0.312 e. The van der Waals surface area contributed by atoms with Gasteiger partial charge in [0.25, 0.3) is 0 Å². The van der Waals surface area contributed by atoms with E-state index in [-0.39, 0.29) is 30.2 Å². The lowest BCUT2D eigenvalue weighted by Gasteiger charge is -2.46. The van der Waals surface area contributed by atoms with Crippen LogP contribution in [0.1, 0.15) is 36.0 Å². The van der Waals surface area contributed by atoms with Crippen LogP contribution in [0.2, 0.25) is 5.02 Å². The number of hydrogen-bond donors (Lipinski definition) is 0. The van der Waals surface area contributed by atoms with Crippen LogP contribution in [-0.4, -0.2) is 35.2 Å². The maximum atomic E-state index is 13.3. The fraction of sp³-hybridized carbons (Fsp3) is 0.318. The van der Waals surface area contributed by atoms with Crippen molar-refractivity contribution in [3.8, 4) is 0 Å². The van der Waals surface area contributed by atoms with Crippen molar-refractivity contribution in [2.75, 3.05) is 11.4 Å². The molecule has 0 bridgehead atoms. The van der Waals surface area contributed by atoms with Gasteiger partial charge in [0.1, 0.15) is 0 Å². The first-order chi connectivity index (χ1) is 13.6. The summed E-state index contributed by atoms with van der Waals surface area (Å²) in [5.74, 6) is -0.572. The summed E-state index contributed by atoms with van der Waals surface area (Å²) in [6.45, 7) is -0.0434. The Kier molecular flexibility index (Phi) is 5.18. The molecular formula is C22H21ClN2O3. The number of carbonyl (C=O) groups is 3. The number of anilines is 1. The van der Waals surface area contributed by atoms with E-state index < -0.39 is 6.03 Å². The van der Waals surface area contributed by atoms with Crippen LogP contribution in [0.4, 0.5) is 10.5 Å². The average Bonchev–Trinajstić information content (AvgIpc) is 2.72.